The molecule has 2 heterocycles. The normalized spacial score (nSPS) is 20.5. The molecule has 2 aliphatic heterocycles. The molecule has 0 aromatic rings. The highest BCUT2D eigenvalue weighted by atomic mass is 16.2. The van der Waals surface area contributed by atoms with Crippen molar-refractivity contribution in [2.75, 3.05) is 66.5 Å². The highest BCUT2D eigenvalue weighted by molar-refractivity contribution is 5.74. The van der Waals surface area contributed by atoms with Gasteiger partial charge in [-0.05, 0) is 14.1 Å². The third kappa shape index (κ3) is 6.09. The van der Waals surface area contributed by atoms with E-state index in [0.29, 0.717) is 0 Å². The average Bonchev–Trinajstić information content (AvgIpc) is 2.52. The van der Waals surface area contributed by atoms with E-state index in [1.807, 2.05) is 37.5 Å². The van der Waals surface area contributed by atoms with Crippen LogP contribution in [0, 0.1) is 0 Å². The van der Waals surface area contributed by atoms with Crippen LogP contribution in [-0.4, -0.2) is 92.1 Å². The van der Waals surface area contributed by atoms with Crippen molar-refractivity contribution in [1.29, 1.82) is 0 Å². The van der Waals surface area contributed by atoms with E-state index >= 15 is 0 Å². The Hall–Kier alpha value is -0.810. The lowest BCUT2D eigenvalue weighted by Crippen LogP contribution is -2.55. The summed E-state index contributed by atoms with van der Waals surface area (Å²) in [6.45, 7) is 15.5. The van der Waals surface area contributed by atoms with Gasteiger partial charge >= 0.3 is 6.03 Å². The molecule has 0 aromatic heterocycles. The summed E-state index contributed by atoms with van der Waals surface area (Å²) < 4.78 is 0. The number of hydrogen-bond acceptors (Lipinski definition) is 3. The molecule has 120 valence electrons. The molecule has 20 heavy (non-hydrogen) atoms. The topological polar surface area (TPSA) is 30.0 Å². The molecule has 0 unspecified atom stereocenters. The summed E-state index contributed by atoms with van der Waals surface area (Å²) >= 11 is 0. The fourth-order valence-corrected chi connectivity index (χ4v) is 2.20. The summed E-state index contributed by atoms with van der Waals surface area (Å²) in [5, 5.41) is 0. The highest BCUT2D eigenvalue weighted by Crippen LogP contribution is 2.07. The molecular weight excluding hydrogens is 252 g/mol. The lowest BCUT2D eigenvalue weighted by Gasteiger charge is -2.39. The summed E-state index contributed by atoms with van der Waals surface area (Å²) in [6.07, 6.45) is 0. The maximum Gasteiger partial charge on any atom is 0.320 e. The van der Waals surface area contributed by atoms with Gasteiger partial charge in [0.2, 0.25) is 0 Å². The second-order valence-corrected chi connectivity index (χ2v) is 4.86. The van der Waals surface area contributed by atoms with Crippen molar-refractivity contribution in [2.24, 2.45) is 0 Å². The predicted molar refractivity (Wildman–Crippen MR) is 86.2 cm³/mol. The van der Waals surface area contributed by atoms with E-state index in [1.54, 1.807) is 0 Å². The van der Waals surface area contributed by atoms with E-state index in [9.17, 15) is 4.79 Å². The number of carbonyl (C=O) groups is 1. The van der Waals surface area contributed by atoms with Crippen LogP contribution in [0.3, 0.4) is 0 Å². The summed E-state index contributed by atoms with van der Waals surface area (Å²) in [5.41, 5.74) is 0. The summed E-state index contributed by atoms with van der Waals surface area (Å²) in [6, 6.07) is 0.237. The van der Waals surface area contributed by atoms with Gasteiger partial charge in [0.05, 0.1) is 0 Å². The van der Waals surface area contributed by atoms with Crippen LogP contribution < -0.4 is 0 Å². The Morgan fingerprint density at radius 1 is 0.600 bits per heavy atom. The van der Waals surface area contributed by atoms with Crippen LogP contribution in [0.25, 0.3) is 0 Å². The molecule has 0 spiro atoms. The Morgan fingerprint density at radius 3 is 1.10 bits per heavy atom. The van der Waals surface area contributed by atoms with E-state index in [1.165, 1.54) is 0 Å². The monoisotopic (exact) mass is 286 g/mol. The summed E-state index contributed by atoms with van der Waals surface area (Å²) in [4.78, 5) is 20.7. The first-order valence-electron chi connectivity index (χ1n) is 8.08. The van der Waals surface area contributed by atoms with Crippen LogP contribution in [0.5, 0.6) is 0 Å². The Labute approximate surface area is 125 Å². The van der Waals surface area contributed by atoms with Crippen LogP contribution in [0.15, 0.2) is 0 Å². The zero-order valence-corrected chi connectivity index (χ0v) is 14.4. The molecule has 0 saturated carbocycles. The molecule has 2 amide bonds. The third-order valence-electron chi connectivity index (χ3n) is 3.55. The number of carbonyl (C=O) groups excluding carboxylic acids is 1. The maximum absolute atomic E-state index is 12.2. The second-order valence-electron chi connectivity index (χ2n) is 4.86. The van der Waals surface area contributed by atoms with Crippen molar-refractivity contribution in [3.63, 3.8) is 0 Å². The fourth-order valence-electron chi connectivity index (χ4n) is 2.20. The number of hydrogen-bond donors (Lipinski definition) is 0. The van der Waals surface area contributed by atoms with Gasteiger partial charge in [-0.15, -0.1) is 0 Å². The molecule has 2 saturated heterocycles. The van der Waals surface area contributed by atoms with Gasteiger partial charge in [-0.25, -0.2) is 4.79 Å². The van der Waals surface area contributed by atoms with Gasteiger partial charge < -0.3 is 19.6 Å². The van der Waals surface area contributed by atoms with Crippen molar-refractivity contribution in [2.45, 2.75) is 27.7 Å². The Balaban J connectivity index is 0.000000829. The number of piperazine rings is 2. The van der Waals surface area contributed by atoms with E-state index in [4.69, 9.17) is 0 Å². The number of urea groups is 1. The fraction of sp³-hybridized carbons (Fsp3) is 0.933. The van der Waals surface area contributed by atoms with Crippen molar-refractivity contribution >= 4 is 6.03 Å². The number of rotatable bonds is 0. The Bertz CT molecular complexity index is 220. The standard InChI is InChI=1S/C11H22N4O.2C2H6/c1-12-3-7-14(8-4-12)11(16)15-9-5-13(2)6-10-15;2*1-2/h3-10H2,1-2H3;2*1-2H3. The van der Waals surface area contributed by atoms with E-state index in [-0.39, 0.29) is 6.03 Å². The molecule has 0 aromatic carbocycles. The van der Waals surface area contributed by atoms with Gasteiger partial charge in [0.1, 0.15) is 0 Å². The zero-order valence-electron chi connectivity index (χ0n) is 14.4. The van der Waals surface area contributed by atoms with Gasteiger partial charge in [-0.1, -0.05) is 27.7 Å². The van der Waals surface area contributed by atoms with Gasteiger partial charge in [0.25, 0.3) is 0 Å². The molecule has 5 nitrogen and oxygen atoms in total. The van der Waals surface area contributed by atoms with Gasteiger partial charge in [0, 0.05) is 52.4 Å². The van der Waals surface area contributed by atoms with E-state index in [0.717, 1.165) is 52.4 Å². The molecule has 0 atom stereocenters. The van der Waals surface area contributed by atoms with Crippen molar-refractivity contribution < 1.29 is 4.79 Å². The van der Waals surface area contributed by atoms with Crippen LogP contribution in [0.1, 0.15) is 27.7 Å². The Morgan fingerprint density at radius 2 is 0.850 bits per heavy atom. The van der Waals surface area contributed by atoms with Crippen molar-refractivity contribution in [3.05, 3.63) is 0 Å². The smallest absolute Gasteiger partial charge is 0.320 e. The first-order valence-corrected chi connectivity index (χ1v) is 8.08. The van der Waals surface area contributed by atoms with Crippen molar-refractivity contribution in [3.8, 4) is 0 Å². The lowest BCUT2D eigenvalue weighted by atomic mass is 10.3. The van der Waals surface area contributed by atoms with Gasteiger partial charge in [0.15, 0.2) is 0 Å². The zero-order chi connectivity index (χ0) is 15.5. The average molecular weight is 286 g/mol. The summed E-state index contributed by atoms with van der Waals surface area (Å²) in [7, 11) is 4.22. The molecule has 0 radical (unpaired) electrons. The molecule has 0 aliphatic carbocycles. The molecule has 2 rings (SSSR count). The largest absolute Gasteiger partial charge is 0.322 e. The lowest BCUT2D eigenvalue weighted by molar-refractivity contribution is 0.102. The second kappa shape index (κ2) is 10.9. The molecule has 5 heteroatoms. The van der Waals surface area contributed by atoms with Crippen LogP contribution in [-0.2, 0) is 0 Å². The third-order valence-corrected chi connectivity index (χ3v) is 3.55. The number of nitrogens with zero attached hydrogens (tertiary/aromatic N) is 4. The first kappa shape index (κ1) is 19.2. The van der Waals surface area contributed by atoms with Crippen LogP contribution in [0.2, 0.25) is 0 Å². The molecule has 0 N–H and O–H groups in total. The molecule has 0 bridgehead atoms. The predicted octanol–water partition coefficient (Wildman–Crippen LogP) is 1.65. The number of amides is 2. The first-order chi connectivity index (χ1) is 9.66. The van der Waals surface area contributed by atoms with Gasteiger partial charge in [-0.3, -0.25) is 0 Å². The molecule has 2 aliphatic rings. The SMILES string of the molecule is CC.CC.CN1CCN(C(=O)N2CCN(C)CC2)CC1. The molecular formula is C15H34N4O. The number of likely N-dealkylation sites (N-methyl/N-ethyl adjacent to an activating group) is 2. The highest BCUT2D eigenvalue weighted by Gasteiger charge is 2.25. The van der Waals surface area contributed by atoms with Crippen LogP contribution in [0.4, 0.5) is 4.79 Å². The summed E-state index contributed by atoms with van der Waals surface area (Å²) in [5.74, 6) is 0. The quantitative estimate of drug-likeness (QED) is 0.678. The van der Waals surface area contributed by atoms with Crippen molar-refractivity contribution in [1.82, 2.24) is 19.6 Å². The minimum absolute atomic E-state index is 0.237. The van der Waals surface area contributed by atoms with E-state index < -0.39 is 0 Å². The van der Waals surface area contributed by atoms with Gasteiger partial charge in [-0.2, -0.15) is 0 Å². The van der Waals surface area contributed by atoms with E-state index in [2.05, 4.69) is 23.9 Å². The Kier molecular flexibility index (Phi) is 10.5. The molecule has 2 fully saturated rings. The minimum Gasteiger partial charge on any atom is -0.322 e. The maximum atomic E-state index is 12.2. The minimum atomic E-state index is 0.237. The van der Waals surface area contributed by atoms with Crippen LogP contribution >= 0.6 is 0 Å².